The Hall–Kier alpha value is -1.61. The first-order valence-corrected chi connectivity index (χ1v) is 6.57. The van der Waals surface area contributed by atoms with Crippen molar-refractivity contribution in [1.29, 1.82) is 0 Å². The first kappa shape index (κ1) is 12.4. The highest BCUT2D eigenvalue weighted by molar-refractivity contribution is 6.41. The van der Waals surface area contributed by atoms with Crippen LogP contribution in [-0.4, -0.2) is 11.7 Å². The number of halogens is 1. The fourth-order valence-electron chi connectivity index (χ4n) is 2.60. The summed E-state index contributed by atoms with van der Waals surface area (Å²) >= 11 is 6.49. The monoisotopic (exact) mass is 271 g/mol. The topological polar surface area (TPSA) is 46.2 Å². The molecule has 0 saturated carbocycles. The summed E-state index contributed by atoms with van der Waals surface area (Å²) in [7, 11) is 0. The van der Waals surface area contributed by atoms with Gasteiger partial charge in [-0.2, -0.15) is 0 Å². The maximum absolute atomic E-state index is 9.42. The molecule has 0 spiro atoms. The van der Waals surface area contributed by atoms with Crippen LogP contribution < -0.4 is 5.73 Å². The molecule has 0 amide bonds. The number of aliphatic hydroxyl groups is 1. The minimum atomic E-state index is -0.410. The molecule has 3 aromatic rings. The number of nitrogens with two attached hydrogens (primary N) is 1. The van der Waals surface area contributed by atoms with Gasteiger partial charge < -0.3 is 10.8 Å². The molecule has 3 N–H and O–H groups in total. The molecule has 3 aromatic carbocycles. The summed E-state index contributed by atoms with van der Waals surface area (Å²) in [6.07, 6.45) is 0. The van der Waals surface area contributed by atoms with Gasteiger partial charge in [-0.05, 0) is 16.3 Å². The van der Waals surface area contributed by atoms with Gasteiger partial charge in [-0.1, -0.05) is 60.1 Å². The first-order valence-electron chi connectivity index (χ1n) is 6.19. The van der Waals surface area contributed by atoms with Crippen molar-refractivity contribution in [3.63, 3.8) is 0 Å². The molecule has 0 bridgehead atoms. The van der Waals surface area contributed by atoms with Crippen molar-refractivity contribution in [1.82, 2.24) is 0 Å². The molecule has 1 atom stereocenters. The number of aliphatic hydroxyl groups excluding tert-OH is 1. The summed E-state index contributed by atoms with van der Waals surface area (Å²) < 4.78 is 0. The standard InChI is InChI=1S/C16H14ClNO/c17-16-12-7-3-1-5-10(12)15(14(18)9-19)11-6-2-4-8-13(11)16/h1-8,14,19H,9,18H2/t14-/m1/s1. The van der Waals surface area contributed by atoms with E-state index in [1.165, 1.54) is 0 Å². The normalized spacial score (nSPS) is 13.0. The predicted octanol–water partition coefficient (Wildman–Crippen LogP) is 3.64. The molecule has 3 heteroatoms. The molecular formula is C16H14ClNO. The van der Waals surface area contributed by atoms with Gasteiger partial charge in [-0.3, -0.25) is 0 Å². The van der Waals surface area contributed by atoms with E-state index in [1.54, 1.807) is 0 Å². The third-order valence-corrected chi connectivity index (χ3v) is 3.88. The lowest BCUT2D eigenvalue weighted by molar-refractivity contribution is 0.269. The van der Waals surface area contributed by atoms with Gasteiger partial charge >= 0.3 is 0 Å². The Labute approximate surface area is 116 Å². The second-order valence-electron chi connectivity index (χ2n) is 4.61. The first-order chi connectivity index (χ1) is 9.24. The molecule has 0 aromatic heterocycles. The molecule has 0 radical (unpaired) electrons. The molecule has 3 rings (SSSR count). The highest BCUT2D eigenvalue weighted by Crippen LogP contribution is 2.38. The number of fused-ring (bicyclic) bond motifs is 2. The van der Waals surface area contributed by atoms with E-state index < -0.39 is 6.04 Å². The molecular weight excluding hydrogens is 258 g/mol. The Morgan fingerprint density at radius 3 is 1.74 bits per heavy atom. The van der Waals surface area contributed by atoms with Crippen LogP contribution in [0.2, 0.25) is 5.02 Å². The van der Waals surface area contributed by atoms with E-state index in [9.17, 15) is 5.11 Å². The minimum Gasteiger partial charge on any atom is -0.394 e. The molecule has 0 aliphatic heterocycles. The minimum absolute atomic E-state index is 0.0877. The number of hydrogen-bond donors (Lipinski definition) is 2. The molecule has 0 aliphatic carbocycles. The quantitative estimate of drug-likeness (QED) is 0.699. The second kappa shape index (κ2) is 4.82. The van der Waals surface area contributed by atoms with Crippen molar-refractivity contribution in [3.8, 4) is 0 Å². The van der Waals surface area contributed by atoms with Crippen LogP contribution in [0.5, 0.6) is 0 Å². The zero-order valence-electron chi connectivity index (χ0n) is 10.3. The van der Waals surface area contributed by atoms with Crippen LogP contribution in [0.1, 0.15) is 11.6 Å². The van der Waals surface area contributed by atoms with Crippen molar-refractivity contribution in [3.05, 3.63) is 59.1 Å². The van der Waals surface area contributed by atoms with Gasteiger partial charge in [0.25, 0.3) is 0 Å². The Bertz CT molecular complexity index is 697. The van der Waals surface area contributed by atoms with E-state index in [0.29, 0.717) is 0 Å². The maximum Gasteiger partial charge on any atom is 0.0624 e. The van der Waals surface area contributed by atoms with Gasteiger partial charge in [-0.25, -0.2) is 0 Å². The summed E-state index contributed by atoms with van der Waals surface area (Å²) in [5, 5.41) is 14.1. The lowest BCUT2D eigenvalue weighted by Gasteiger charge is -2.17. The molecule has 19 heavy (non-hydrogen) atoms. The van der Waals surface area contributed by atoms with Crippen LogP contribution in [-0.2, 0) is 0 Å². The van der Waals surface area contributed by atoms with Crippen LogP contribution in [0, 0.1) is 0 Å². The fourth-order valence-corrected chi connectivity index (χ4v) is 2.93. The zero-order valence-corrected chi connectivity index (χ0v) is 11.1. The molecule has 0 fully saturated rings. The van der Waals surface area contributed by atoms with Gasteiger partial charge in [0.15, 0.2) is 0 Å². The van der Waals surface area contributed by atoms with Crippen molar-refractivity contribution in [2.75, 3.05) is 6.61 Å². The van der Waals surface area contributed by atoms with Crippen molar-refractivity contribution in [2.24, 2.45) is 5.73 Å². The van der Waals surface area contributed by atoms with E-state index in [4.69, 9.17) is 17.3 Å². The van der Waals surface area contributed by atoms with Crippen molar-refractivity contribution in [2.45, 2.75) is 6.04 Å². The summed E-state index contributed by atoms with van der Waals surface area (Å²) in [6.45, 7) is -0.0877. The molecule has 0 heterocycles. The molecule has 0 saturated heterocycles. The highest BCUT2D eigenvalue weighted by Gasteiger charge is 2.16. The van der Waals surface area contributed by atoms with Crippen LogP contribution >= 0.6 is 11.6 Å². The lowest BCUT2D eigenvalue weighted by Crippen LogP contribution is -2.15. The smallest absolute Gasteiger partial charge is 0.0624 e. The van der Waals surface area contributed by atoms with Gasteiger partial charge in [0.05, 0.1) is 17.7 Å². The van der Waals surface area contributed by atoms with Crippen LogP contribution in [0.25, 0.3) is 21.5 Å². The van der Waals surface area contributed by atoms with Gasteiger partial charge in [0, 0.05) is 10.8 Å². The number of rotatable bonds is 2. The summed E-state index contributed by atoms with van der Waals surface area (Å²) in [6, 6.07) is 15.4. The maximum atomic E-state index is 9.42. The average Bonchev–Trinajstić information content (AvgIpc) is 2.47. The molecule has 0 unspecified atom stereocenters. The summed E-state index contributed by atoms with van der Waals surface area (Å²) in [5.41, 5.74) is 7.04. The van der Waals surface area contributed by atoms with Crippen molar-refractivity contribution < 1.29 is 5.11 Å². The number of benzene rings is 3. The van der Waals surface area contributed by atoms with E-state index >= 15 is 0 Å². The summed E-state index contributed by atoms with van der Waals surface area (Å²) in [4.78, 5) is 0. The van der Waals surface area contributed by atoms with Crippen LogP contribution in [0.3, 0.4) is 0 Å². The van der Waals surface area contributed by atoms with E-state index in [-0.39, 0.29) is 6.61 Å². The second-order valence-corrected chi connectivity index (χ2v) is 4.99. The summed E-state index contributed by atoms with van der Waals surface area (Å²) in [5.74, 6) is 0. The van der Waals surface area contributed by atoms with Gasteiger partial charge in [-0.15, -0.1) is 0 Å². The van der Waals surface area contributed by atoms with E-state index in [2.05, 4.69) is 0 Å². The third-order valence-electron chi connectivity index (χ3n) is 3.47. The van der Waals surface area contributed by atoms with E-state index in [1.807, 2.05) is 48.5 Å². The van der Waals surface area contributed by atoms with E-state index in [0.717, 1.165) is 32.1 Å². The fraction of sp³-hybridized carbons (Fsp3) is 0.125. The third kappa shape index (κ3) is 1.89. The lowest BCUT2D eigenvalue weighted by atomic mass is 9.93. The predicted molar refractivity (Wildman–Crippen MR) is 80.5 cm³/mol. The zero-order chi connectivity index (χ0) is 13.4. The highest BCUT2D eigenvalue weighted by atomic mass is 35.5. The molecule has 96 valence electrons. The SMILES string of the molecule is N[C@H](CO)c1c2ccccc2c(Cl)c2ccccc12. The van der Waals surface area contributed by atoms with Crippen molar-refractivity contribution >= 4 is 33.1 Å². The average molecular weight is 272 g/mol. The van der Waals surface area contributed by atoms with Gasteiger partial charge in [0.1, 0.15) is 0 Å². The molecule has 2 nitrogen and oxygen atoms in total. The Morgan fingerprint density at radius 1 is 0.895 bits per heavy atom. The molecule has 0 aliphatic rings. The Balaban J connectivity index is 2.56. The Morgan fingerprint density at radius 2 is 1.32 bits per heavy atom. The van der Waals surface area contributed by atoms with Crippen LogP contribution in [0.4, 0.5) is 0 Å². The van der Waals surface area contributed by atoms with Crippen LogP contribution in [0.15, 0.2) is 48.5 Å². The number of hydrogen-bond acceptors (Lipinski definition) is 2. The Kier molecular flexibility index (Phi) is 3.15. The largest absolute Gasteiger partial charge is 0.394 e. The van der Waals surface area contributed by atoms with Gasteiger partial charge in [0.2, 0.25) is 0 Å².